The molecule has 3 rings (SSSR count). The van der Waals surface area contributed by atoms with E-state index in [1.54, 1.807) is 0 Å². The molecule has 82 valence electrons. The van der Waals surface area contributed by atoms with Crippen LogP contribution in [0.25, 0.3) is 0 Å². The Morgan fingerprint density at radius 3 is 2.00 bits per heavy atom. The Kier molecular flexibility index (Phi) is 2.88. The highest BCUT2D eigenvalue weighted by Gasteiger charge is 2.43. The Morgan fingerprint density at radius 2 is 1.57 bits per heavy atom. The highest BCUT2D eigenvalue weighted by Crippen LogP contribution is 2.43. The molecule has 0 spiro atoms. The SMILES string of the molecule is CC(C)C1CC2NCC1CC2C(C)C. The number of rotatable bonds is 2. The molecule has 1 heteroatoms. The zero-order chi connectivity index (χ0) is 10.3. The average molecular weight is 195 g/mol. The number of nitrogens with one attached hydrogen (secondary N) is 1. The predicted octanol–water partition coefficient (Wildman–Crippen LogP) is 2.91. The van der Waals surface area contributed by atoms with Crippen LogP contribution in [0.2, 0.25) is 0 Å². The monoisotopic (exact) mass is 195 g/mol. The van der Waals surface area contributed by atoms with Crippen LogP contribution >= 0.6 is 0 Å². The molecule has 1 aliphatic carbocycles. The van der Waals surface area contributed by atoms with Gasteiger partial charge in [0.1, 0.15) is 0 Å². The van der Waals surface area contributed by atoms with Gasteiger partial charge in [-0.2, -0.15) is 0 Å². The van der Waals surface area contributed by atoms with E-state index in [0.29, 0.717) is 0 Å². The summed E-state index contributed by atoms with van der Waals surface area (Å²) in [6.45, 7) is 10.9. The molecular weight excluding hydrogens is 170 g/mol. The first-order valence-corrected chi connectivity index (χ1v) is 6.33. The number of hydrogen-bond acceptors (Lipinski definition) is 1. The molecule has 14 heavy (non-hydrogen) atoms. The molecular formula is C13H25N. The Balaban J connectivity index is 2.05. The first-order valence-electron chi connectivity index (χ1n) is 6.33. The van der Waals surface area contributed by atoms with Gasteiger partial charge in [0, 0.05) is 6.04 Å². The van der Waals surface area contributed by atoms with Crippen LogP contribution < -0.4 is 5.32 Å². The number of piperidine rings is 2. The average Bonchev–Trinajstić information content (AvgIpc) is 2.18. The Labute approximate surface area is 88.7 Å². The zero-order valence-electron chi connectivity index (χ0n) is 10.1. The van der Waals surface area contributed by atoms with Crippen molar-refractivity contribution in [2.24, 2.45) is 29.6 Å². The minimum atomic E-state index is 0.826. The van der Waals surface area contributed by atoms with Crippen molar-refractivity contribution in [1.29, 1.82) is 0 Å². The second-order valence-electron chi connectivity index (χ2n) is 6.06. The Bertz CT molecular complexity index is 175. The van der Waals surface area contributed by atoms with E-state index < -0.39 is 0 Å². The standard InChI is InChI=1S/C13H25N/c1-8(2)11-6-13-12(9(3)4)5-10(11)7-14-13/h8-14H,5-7H2,1-4H3. The topological polar surface area (TPSA) is 12.0 Å². The van der Waals surface area contributed by atoms with Gasteiger partial charge >= 0.3 is 0 Å². The summed E-state index contributed by atoms with van der Waals surface area (Å²) in [5.74, 6) is 4.66. The van der Waals surface area contributed by atoms with Gasteiger partial charge in [-0.05, 0) is 49.0 Å². The van der Waals surface area contributed by atoms with E-state index in [2.05, 4.69) is 33.0 Å². The maximum atomic E-state index is 3.73. The van der Waals surface area contributed by atoms with Crippen LogP contribution in [0, 0.1) is 29.6 Å². The summed E-state index contributed by atoms with van der Waals surface area (Å²) in [6.07, 6.45) is 2.92. The lowest BCUT2D eigenvalue weighted by molar-refractivity contribution is 0.0300. The molecule has 1 saturated carbocycles. The molecule has 2 aliphatic heterocycles. The molecule has 4 unspecified atom stereocenters. The highest BCUT2D eigenvalue weighted by molar-refractivity contribution is 4.97. The second-order valence-corrected chi connectivity index (χ2v) is 6.06. The number of fused-ring (bicyclic) bond motifs is 3. The summed E-state index contributed by atoms with van der Waals surface area (Å²) in [7, 11) is 0. The van der Waals surface area contributed by atoms with Crippen LogP contribution in [0.15, 0.2) is 0 Å². The largest absolute Gasteiger partial charge is 0.313 e. The molecule has 0 aromatic heterocycles. The van der Waals surface area contributed by atoms with Gasteiger partial charge in [-0.3, -0.25) is 0 Å². The smallest absolute Gasteiger partial charge is 0.0101 e. The van der Waals surface area contributed by atoms with E-state index in [4.69, 9.17) is 0 Å². The molecule has 0 aromatic rings. The molecule has 2 heterocycles. The second kappa shape index (κ2) is 3.84. The third-order valence-corrected chi connectivity index (χ3v) is 4.58. The molecule has 2 saturated heterocycles. The van der Waals surface area contributed by atoms with Crippen LogP contribution in [0.5, 0.6) is 0 Å². The van der Waals surface area contributed by atoms with Gasteiger partial charge in [-0.25, -0.2) is 0 Å². The lowest BCUT2D eigenvalue weighted by atomic mass is 9.62. The molecule has 0 radical (unpaired) electrons. The minimum absolute atomic E-state index is 0.826. The van der Waals surface area contributed by atoms with Crippen molar-refractivity contribution in [3.05, 3.63) is 0 Å². The summed E-state index contributed by atoms with van der Waals surface area (Å²) < 4.78 is 0. The van der Waals surface area contributed by atoms with E-state index >= 15 is 0 Å². The highest BCUT2D eigenvalue weighted by atomic mass is 15.0. The minimum Gasteiger partial charge on any atom is -0.313 e. The van der Waals surface area contributed by atoms with Crippen molar-refractivity contribution in [3.8, 4) is 0 Å². The maximum absolute atomic E-state index is 3.73. The van der Waals surface area contributed by atoms with Gasteiger partial charge in [0.25, 0.3) is 0 Å². The number of hydrogen-bond donors (Lipinski definition) is 1. The van der Waals surface area contributed by atoms with E-state index in [0.717, 1.165) is 35.6 Å². The fraction of sp³-hybridized carbons (Fsp3) is 1.00. The molecule has 3 fully saturated rings. The van der Waals surface area contributed by atoms with Crippen molar-refractivity contribution >= 4 is 0 Å². The van der Waals surface area contributed by atoms with Crippen molar-refractivity contribution in [2.75, 3.05) is 6.54 Å². The normalized spacial score (nSPS) is 42.4. The molecule has 1 nitrogen and oxygen atoms in total. The van der Waals surface area contributed by atoms with Gasteiger partial charge in [0.05, 0.1) is 0 Å². The maximum Gasteiger partial charge on any atom is 0.0101 e. The van der Waals surface area contributed by atoms with Crippen LogP contribution in [-0.4, -0.2) is 12.6 Å². The molecule has 4 atom stereocenters. The Morgan fingerprint density at radius 1 is 0.929 bits per heavy atom. The Hall–Kier alpha value is -0.0400. The molecule has 3 aliphatic rings. The summed E-state index contributed by atoms with van der Waals surface area (Å²) in [6, 6.07) is 0.826. The third kappa shape index (κ3) is 1.71. The van der Waals surface area contributed by atoms with Crippen molar-refractivity contribution in [1.82, 2.24) is 5.32 Å². The lowest BCUT2D eigenvalue weighted by Gasteiger charge is -2.51. The van der Waals surface area contributed by atoms with Gasteiger partial charge in [-0.15, -0.1) is 0 Å². The molecule has 2 bridgehead atoms. The lowest BCUT2D eigenvalue weighted by Crippen LogP contribution is -2.56. The van der Waals surface area contributed by atoms with Gasteiger partial charge in [-0.1, -0.05) is 27.7 Å². The first kappa shape index (κ1) is 10.5. The molecule has 0 amide bonds. The van der Waals surface area contributed by atoms with Gasteiger partial charge in [0.2, 0.25) is 0 Å². The van der Waals surface area contributed by atoms with Crippen LogP contribution in [0.1, 0.15) is 40.5 Å². The van der Waals surface area contributed by atoms with Crippen molar-refractivity contribution in [2.45, 2.75) is 46.6 Å². The van der Waals surface area contributed by atoms with Gasteiger partial charge in [0.15, 0.2) is 0 Å². The van der Waals surface area contributed by atoms with E-state index in [9.17, 15) is 0 Å². The van der Waals surface area contributed by atoms with E-state index in [-0.39, 0.29) is 0 Å². The van der Waals surface area contributed by atoms with Crippen LogP contribution in [0.4, 0.5) is 0 Å². The zero-order valence-corrected chi connectivity index (χ0v) is 10.1. The van der Waals surface area contributed by atoms with Crippen molar-refractivity contribution in [3.63, 3.8) is 0 Å². The molecule has 1 N–H and O–H groups in total. The fourth-order valence-electron chi connectivity index (χ4n) is 3.67. The summed E-state index contributed by atoms with van der Waals surface area (Å²) in [5.41, 5.74) is 0. The first-order chi connectivity index (χ1) is 6.59. The summed E-state index contributed by atoms with van der Waals surface area (Å²) in [4.78, 5) is 0. The van der Waals surface area contributed by atoms with Crippen LogP contribution in [0.3, 0.4) is 0 Å². The predicted molar refractivity (Wildman–Crippen MR) is 61.2 cm³/mol. The molecule has 0 aromatic carbocycles. The van der Waals surface area contributed by atoms with Crippen molar-refractivity contribution < 1.29 is 0 Å². The summed E-state index contributed by atoms with van der Waals surface area (Å²) >= 11 is 0. The van der Waals surface area contributed by atoms with Crippen LogP contribution in [-0.2, 0) is 0 Å². The quantitative estimate of drug-likeness (QED) is 0.714. The fourth-order valence-corrected chi connectivity index (χ4v) is 3.67. The van der Waals surface area contributed by atoms with Gasteiger partial charge < -0.3 is 5.32 Å². The third-order valence-electron chi connectivity index (χ3n) is 4.58. The summed E-state index contributed by atoms with van der Waals surface area (Å²) in [5, 5.41) is 3.73. The van der Waals surface area contributed by atoms with E-state index in [1.807, 2.05) is 0 Å². The van der Waals surface area contributed by atoms with E-state index in [1.165, 1.54) is 19.4 Å².